The van der Waals surface area contributed by atoms with Crippen molar-refractivity contribution in [2.24, 2.45) is 0 Å². The molecular formula is C18H24N4O3S. The Balaban J connectivity index is 1.81. The van der Waals surface area contributed by atoms with Crippen molar-refractivity contribution in [2.45, 2.75) is 63.1 Å². The predicted molar refractivity (Wildman–Crippen MR) is 97.5 cm³/mol. The van der Waals surface area contributed by atoms with Crippen molar-refractivity contribution in [2.75, 3.05) is 12.9 Å². The van der Waals surface area contributed by atoms with Gasteiger partial charge in [-0.25, -0.2) is 9.97 Å². The van der Waals surface area contributed by atoms with Gasteiger partial charge in [-0.3, -0.25) is 9.59 Å². The Kier molecular flexibility index (Phi) is 6.98. The van der Waals surface area contributed by atoms with E-state index < -0.39 is 17.4 Å². The SMILES string of the molecule is CSc1nc(C)c(CCC(=O)OCC(=O)NC2(C#N)CCCC2)c(C)n1. The molecule has 0 radical (unpaired) electrons. The number of hydrogen-bond donors (Lipinski definition) is 1. The van der Waals surface area contributed by atoms with Crippen LogP contribution in [0.2, 0.25) is 0 Å². The van der Waals surface area contributed by atoms with Gasteiger partial charge in [0.2, 0.25) is 0 Å². The maximum Gasteiger partial charge on any atom is 0.306 e. The smallest absolute Gasteiger partial charge is 0.306 e. The van der Waals surface area contributed by atoms with Gasteiger partial charge in [0.15, 0.2) is 11.8 Å². The summed E-state index contributed by atoms with van der Waals surface area (Å²) in [6.07, 6.45) is 5.67. The van der Waals surface area contributed by atoms with Gasteiger partial charge in [0.05, 0.1) is 6.07 Å². The van der Waals surface area contributed by atoms with Crippen LogP contribution in [-0.4, -0.2) is 40.2 Å². The number of hydrogen-bond acceptors (Lipinski definition) is 7. The van der Waals surface area contributed by atoms with E-state index in [0.29, 0.717) is 24.4 Å². The van der Waals surface area contributed by atoms with Crippen LogP contribution in [0.1, 0.15) is 49.1 Å². The topological polar surface area (TPSA) is 105 Å². The van der Waals surface area contributed by atoms with E-state index in [0.717, 1.165) is 29.8 Å². The number of carbonyl (C=O) groups excluding carboxylic acids is 2. The molecule has 1 N–H and O–H groups in total. The molecule has 0 saturated heterocycles. The van der Waals surface area contributed by atoms with Crippen LogP contribution in [0.5, 0.6) is 0 Å². The fourth-order valence-electron chi connectivity index (χ4n) is 3.15. The molecule has 1 amide bonds. The van der Waals surface area contributed by atoms with Gasteiger partial charge >= 0.3 is 5.97 Å². The van der Waals surface area contributed by atoms with Crippen molar-refractivity contribution in [1.29, 1.82) is 5.26 Å². The fraction of sp³-hybridized carbons (Fsp3) is 0.611. The summed E-state index contributed by atoms with van der Waals surface area (Å²) in [5.41, 5.74) is 1.83. The highest BCUT2D eigenvalue weighted by atomic mass is 32.2. The Morgan fingerprint density at radius 1 is 1.27 bits per heavy atom. The zero-order valence-electron chi connectivity index (χ0n) is 15.4. The lowest BCUT2D eigenvalue weighted by atomic mass is 10.00. The Hall–Kier alpha value is -2.14. The molecule has 8 heteroatoms. The number of ether oxygens (including phenoxy) is 1. The summed E-state index contributed by atoms with van der Waals surface area (Å²) in [5.74, 6) is -0.882. The molecule has 0 aliphatic heterocycles. The summed E-state index contributed by atoms with van der Waals surface area (Å²) in [5, 5.41) is 12.7. The van der Waals surface area contributed by atoms with E-state index in [1.165, 1.54) is 11.8 Å². The van der Waals surface area contributed by atoms with Crippen molar-refractivity contribution >= 4 is 23.6 Å². The van der Waals surface area contributed by atoms with Crippen molar-refractivity contribution in [3.05, 3.63) is 17.0 Å². The van der Waals surface area contributed by atoms with Crippen LogP contribution in [0.25, 0.3) is 0 Å². The molecule has 1 aliphatic carbocycles. The van der Waals surface area contributed by atoms with Gasteiger partial charge in [0, 0.05) is 17.8 Å². The second-order valence-electron chi connectivity index (χ2n) is 6.47. The van der Waals surface area contributed by atoms with Crippen LogP contribution in [0.4, 0.5) is 0 Å². The number of thioether (sulfide) groups is 1. The molecule has 7 nitrogen and oxygen atoms in total. The molecule has 0 spiro atoms. The quantitative estimate of drug-likeness (QED) is 0.442. The molecule has 0 bridgehead atoms. The first kappa shape index (κ1) is 20.2. The number of nitriles is 1. The number of amides is 1. The molecule has 1 aliphatic rings. The van der Waals surface area contributed by atoms with E-state index in [2.05, 4.69) is 21.4 Å². The number of carbonyl (C=O) groups is 2. The molecule has 1 aromatic heterocycles. The number of rotatable bonds is 7. The van der Waals surface area contributed by atoms with Gasteiger partial charge in [-0.15, -0.1) is 0 Å². The average Bonchev–Trinajstić information content (AvgIpc) is 3.08. The van der Waals surface area contributed by atoms with E-state index in [1.807, 2.05) is 20.1 Å². The van der Waals surface area contributed by atoms with Crippen LogP contribution >= 0.6 is 11.8 Å². The van der Waals surface area contributed by atoms with Gasteiger partial charge in [-0.1, -0.05) is 11.8 Å². The number of esters is 1. The monoisotopic (exact) mass is 376 g/mol. The third-order valence-electron chi connectivity index (χ3n) is 4.58. The van der Waals surface area contributed by atoms with Crippen LogP contribution in [0, 0.1) is 25.2 Å². The van der Waals surface area contributed by atoms with Crippen molar-refractivity contribution in [1.82, 2.24) is 15.3 Å². The standard InChI is InChI=1S/C18H24N4O3S/c1-12-14(13(2)21-17(20-12)26-3)6-7-16(24)25-10-15(23)22-18(11-19)8-4-5-9-18/h4-10H2,1-3H3,(H,22,23). The van der Waals surface area contributed by atoms with Gasteiger partial charge in [0.1, 0.15) is 5.54 Å². The summed E-state index contributed by atoms with van der Waals surface area (Å²) in [6, 6.07) is 2.18. The molecular weight excluding hydrogens is 352 g/mol. The number of aryl methyl sites for hydroxylation is 2. The highest BCUT2D eigenvalue weighted by molar-refractivity contribution is 7.98. The lowest BCUT2D eigenvalue weighted by Gasteiger charge is -2.21. The van der Waals surface area contributed by atoms with Crippen molar-refractivity contribution in [3.63, 3.8) is 0 Å². The Bertz CT molecular complexity index is 701. The second kappa shape index (κ2) is 8.99. The normalized spacial score (nSPS) is 15.3. The van der Waals surface area contributed by atoms with Crippen molar-refractivity contribution < 1.29 is 14.3 Å². The molecule has 0 aromatic carbocycles. The first-order valence-corrected chi connectivity index (χ1v) is 9.87. The molecule has 26 heavy (non-hydrogen) atoms. The average molecular weight is 376 g/mol. The van der Waals surface area contributed by atoms with Crippen LogP contribution in [0.15, 0.2) is 5.16 Å². The summed E-state index contributed by atoms with van der Waals surface area (Å²) in [4.78, 5) is 32.7. The number of aromatic nitrogens is 2. The maximum atomic E-state index is 12.0. The summed E-state index contributed by atoms with van der Waals surface area (Å²) < 4.78 is 5.04. The Morgan fingerprint density at radius 2 is 1.88 bits per heavy atom. The minimum Gasteiger partial charge on any atom is -0.456 e. The Labute approximate surface area is 157 Å². The molecule has 1 fully saturated rings. The molecule has 0 atom stereocenters. The molecule has 1 saturated carbocycles. The van der Waals surface area contributed by atoms with Crippen LogP contribution in [-0.2, 0) is 20.7 Å². The molecule has 2 rings (SSSR count). The fourth-order valence-corrected chi connectivity index (χ4v) is 3.61. The molecule has 1 heterocycles. The van der Waals surface area contributed by atoms with E-state index in [1.54, 1.807) is 0 Å². The Morgan fingerprint density at radius 3 is 2.42 bits per heavy atom. The van der Waals surface area contributed by atoms with Crippen LogP contribution in [0.3, 0.4) is 0 Å². The number of nitrogens with one attached hydrogen (secondary N) is 1. The summed E-state index contributed by atoms with van der Waals surface area (Å²) >= 11 is 1.47. The predicted octanol–water partition coefficient (Wildman–Crippen LogP) is 2.24. The lowest BCUT2D eigenvalue weighted by Crippen LogP contribution is -2.46. The van der Waals surface area contributed by atoms with Gasteiger partial charge in [0.25, 0.3) is 5.91 Å². The van der Waals surface area contributed by atoms with E-state index in [9.17, 15) is 14.9 Å². The van der Waals surface area contributed by atoms with Crippen molar-refractivity contribution in [3.8, 4) is 6.07 Å². The summed E-state index contributed by atoms with van der Waals surface area (Å²) in [7, 11) is 0. The summed E-state index contributed by atoms with van der Waals surface area (Å²) in [6.45, 7) is 3.43. The van der Waals surface area contributed by atoms with E-state index >= 15 is 0 Å². The number of nitrogens with zero attached hydrogens (tertiary/aromatic N) is 3. The third kappa shape index (κ3) is 5.18. The minimum atomic E-state index is -0.798. The second-order valence-corrected chi connectivity index (χ2v) is 7.24. The van der Waals surface area contributed by atoms with Crippen LogP contribution < -0.4 is 5.32 Å². The maximum absolute atomic E-state index is 12.0. The van der Waals surface area contributed by atoms with E-state index in [4.69, 9.17) is 4.74 Å². The van der Waals surface area contributed by atoms with E-state index in [-0.39, 0.29) is 13.0 Å². The first-order chi connectivity index (χ1) is 12.4. The zero-order valence-corrected chi connectivity index (χ0v) is 16.2. The largest absolute Gasteiger partial charge is 0.456 e. The van der Waals surface area contributed by atoms with Gasteiger partial charge in [-0.2, -0.15) is 5.26 Å². The highest BCUT2D eigenvalue weighted by Gasteiger charge is 2.35. The minimum absolute atomic E-state index is 0.153. The third-order valence-corrected chi connectivity index (χ3v) is 5.12. The molecule has 1 aromatic rings. The zero-order chi connectivity index (χ0) is 19.2. The van der Waals surface area contributed by atoms with Gasteiger partial charge < -0.3 is 10.1 Å². The molecule has 140 valence electrons. The lowest BCUT2D eigenvalue weighted by molar-refractivity contribution is -0.148. The van der Waals surface area contributed by atoms with Gasteiger partial charge in [-0.05, 0) is 57.8 Å². The first-order valence-electron chi connectivity index (χ1n) is 8.65. The molecule has 0 unspecified atom stereocenters. The highest BCUT2D eigenvalue weighted by Crippen LogP contribution is 2.28.